The lowest BCUT2D eigenvalue weighted by atomic mass is 10.1. The molecule has 2 rings (SSSR count). The van der Waals surface area contributed by atoms with Crippen molar-refractivity contribution in [2.24, 2.45) is 0 Å². The number of ether oxygens (including phenoxy) is 2. The Labute approximate surface area is 129 Å². The summed E-state index contributed by atoms with van der Waals surface area (Å²) in [5.74, 6) is -1.04. The number of carbonyl (C=O) groups excluding carboxylic acids is 1. The highest BCUT2D eigenvalue weighted by Gasteiger charge is 2.37. The molecule has 1 aliphatic heterocycles. The van der Waals surface area contributed by atoms with Crippen molar-refractivity contribution in [1.82, 2.24) is 4.90 Å². The number of carboxylic acid groups (broad SMARTS) is 1. The Bertz CT molecular complexity index is 531. The summed E-state index contributed by atoms with van der Waals surface area (Å²) in [6.07, 6.45) is -1.72. The van der Waals surface area contributed by atoms with E-state index in [4.69, 9.17) is 9.47 Å². The van der Waals surface area contributed by atoms with E-state index in [1.807, 2.05) is 6.07 Å². The van der Waals surface area contributed by atoms with Crippen LogP contribution in [0.5, 0.6) is 0 Å². The van der Waals surface area contributed by atoms with Crippen LogP contribution in [-0.2, 0) is 14.3 Å². The van der Waals surface area contributed by atoms with Gasteiger partial charge in [-0.15, -0.1) is 0 Å². The van der Waals surface area contributed by atoms with Gasteiger partial charge in [0.2, 0.25) is 0 Å². The van der Waals surface area contributed by atoms with Crippen LogP contribution in [0.3, 0.4) is 0 Å². The third kappa shape index (κ3) is 4.21. The second kappa shape index (κ2) is 6.36. The summed E-state index contributed by atoms with van der Waals surface area (Å²) in [6, 6.07) is 8.77. The Morgan fingerprint density at radius 3 is 2.32 bits per heavy atom. The minimum atomic E-state index is -1.04. The van der Waals surface area contributed by atoms with Gasteiger partial charge in [-0.2, -0.15) is 0 Å². The first-order valence-corrected chi connectivity index (χ1v) is 7.17. The minimum Gasteiger partial charge on any atom is -0.479 e. The van der Waals surface area contributed by atoms with Crippen molar-refractivity contribution < 1.29 is 24.2 Å². The van der Waals surface area contributed by atoms with E-state index in [1.54, 1.807) is 45.0 Å². The Kier molecular flexibility index (Phi) is 4.71. The van der Waals surface area contributed by atoms with Crippen LogP contribution in [0.1, 0.15) is 32.4 Å². The van der Waals surface area contributed by atoms with Crippen molar-refractivity contribution in [1.29, 1.82) is 0 Å². The highest BCUT2D eigenvalue weighted by atomic mass is 16.6. The molecule has 6 nitrogen and oxygen atoms in total. The molecule has 1 saturated heterocycles. The lowest BCUT2D eigenvalue weighted by Gasteiger charge is -2.40. The van der Waals surface area contributed by atoms with Crippen LogP contribution in [0.4, 0.5) is 4.79 Å². The van der Waals surface area contributed by atoms with Gasteiger partial charge in [0.15, 0.2) is 6.10 Å². The molecule has 1 aromatic carbocycles. The molecule has 0 bridgehead atoms. The van der Waals surface area contributed by atoms with E-state index in [-0.39, 0.29) is 6.10 Å². The molecule has 6 heteroatoms. The number of hydrogen-bond acceptors (Lipinski definition) is 4. The Hall–Kier alpha value is -2.08. The fourth-order valence-corrected chi connectivity index (χ4v) is 2.10. The molecule has 0 saturated carbocycles. The third-order valence-corrected chi connectivity index (χ3v) is 3.15. The molecule has 120 valence electrons. The Morgan fingerprint density at radius 1 is 1.23 bits per heavy atom. The molecule has 1 amide bonds. The molecule has 1 aliphatic rings. The zero-order valence-corrected chi connectivity index (χ0v) is 13.0. The average molecular weight is 307 g/mol. The van der Waals surface area contributed by atoms with Crippen LogP contribution >= 0.6 is 0 Å². The first-order chi connectivity index (χ1) is 10.3. The molecule has 1 N–H and O–H groups in total. The zero-order valence-electron chi connectivity index (χ0n) is 13.0. The summed E-state index contributed by atoms with van der Waals surface area (Å²) in [6.45, 7) is 6.08. The summed E-state index contributed by atoms with van der Waals surface area (Å²) >= 11 is 0. The van der Waals surface area contributed by atoms with Crippen LogP contribution in [-0.4, -0.2) is 46.9 Å². The predicted molar refractivity (Wildman–Crippen MR) is 79.5 cm³/mol. The SMILES string of the molecule is CC(C)(C)OC(=O)N1CC(OC(C(=O)O)c2ccccc2)C1. The lowest BCUT2D eigenvalue weighted by molar-refractivity contribution is -0.162. The number of carboxylic acids is 1. The van der Waals surface area contributed by atoms with Gasteiger partial charge in [-0.25, -0.2) is 9.59 Å². The second-order valence-electron chi connectivity index (χ2n) is 6.27. The number of rotatable bonds is 4. The third-order valence-electron chi connectivity index (χ3n) is 3.15. The van der Waals surface area contributed by atoms with Crippen molar-refractivity contribution in [2.45, 2.75) is 38.6 Å². The zero-order chi connectivity index (χ0) is 16.3. The van der Waals surface area contributed by atoms with Gasteiger partial charge in [-0.3, -0.25) is 0 Å². The molecule has 1 heterocycles. The summed E-state index contributed by atoms with van der Waals surface area (Å²) in [5, 5.41) is 9.29. The van der Waals surface area contributed by atoms with Crippen molar-refractivity contribution in [3.05, 3.63) is 35.9 Å². The number of likely N-dealkylation sites (tertiary alicyclic amines) is 1. The summed E-state index contributed by atoms with van der Waals surface area (Å²) in [5.41, 5.74) is 0.0437. The topological polar surface area (TPSA) is 76.1 Å². The van der Waals surface area contributed by atoms with E-state index in [2.05, 4.69) is 0 Å². The van der Waals surface area contributed by atoms with Gasteiger partial charge in [0.25, 0.3) is 0 Å². The quantitative estimate of drug-likeness (QED) is 0.924. The number of carbonyl (C=O) groups is 2. The minimum absolute atomic E-state index is 0.297. The summed E-state index contributed by atoms with van der Waals surface area (Å²) < 4.78 is 10.8. The van der Waals surface area contributed by atoms with Gasteiger partial charge in [0, 0.05) is 0 Å². The average Bonchev–Trinajstić information content (AvgIpc) is 2.35. The molecule has 0 aliphatic carbocycles. The fourth-order valence-electron chi connectivity index (χ4n) is 2.10. The van der Waals surface area contributed by atoms with Gasteiger partial charge >= 0.3 is 12.1 Å². The van der Waals surface area contributed by atoms with E-state index in [0.29, 0.717) is 18.7 Å². The second-order valence-corrected chi connectivity index (χ2v) is 6.27. The molecule has 1 aromatic rings. The smallest absolute Gasteiger partial charge is 0.410 e. The molecule has 0 radical (unpaired) electrons. The largest absolute Gasteiger partial charge is 0.479 e. The standard InChI is InChI=1S/C16H21NO5/c1-16(2,3)22-15(20)17-9-12(10-17)21-13(14(18)19)11-7-5-4-6-8-11/h4-8,12-13H,9-10H2,1-3H3,(H,18,19). The molecular weight excluding hydrogens is 286 g/mol. The van der Waals surface area contributed by atoms with E-state index in [1.165, 1.54) is 4.90 Å². The van der Waals surface area contributed by atoms with Crippen molar-refractivity contribution >= 4 is 12.1 Å². The van der Waals surface area contributed by atoms with Crippen LogP contribution in [0.15, 0.2) is 30.3 Å². The van der Waals surface area contributed by atoms with E-state index >= 15 is 0 Å². The van der Waals surface area contributed by atoms with Crippen LogP contribution in [0.25, 0.3) is 0 Å². The van der Waals surface area contributed by atoms with Gasteiger partial charge < -0.3 is 19.5 Å². The van der Waals surface area contributed by atoms with Gasteiger partial charge in [0.1, 0.15) is 5.60 Å². The van der Waals surface area contributed by atoms with Gasteiger partial charge in [0.05, 0.1) is 19.2 Å². The van der Waals surface area contributed by atoms with E-state index in [9.17, 15) is 14.7 Å². The lowest BCUT2D eigenvalue weighted by Crippen LogP contribution is -2.56. The maximum Gasteiger partial charge on any atom is 0.410 e. The molecule has 1 atom stereocenters. The highest BCUT2D eigenvalue weighted by molar-refractivity contribution is 5.74. The van der Waals surface area contributed by atoms with Crippen LogP contribution in [0, 0.1) is 0 Å². The highest BCUT2D eigenvalue weighted by Crippen LogP contribution is 2.24. The Morgan fingerprint density at radius 2 is 1.82 bits per heavy atom. The number of nitrogens with zero attached hydrogens (tertiary/aromatic N) is 1. The Balaban J connectivity index is 1.88. The first-order valence-electron chi connectivity index (χ1n) is 7.17. The fraction of sp³-hybridized carbons (Fsp3) is 0.500. The van der Waals surface area contributed by atoms with E-state index < -0.39 is 23.8 Å². The van der Waals surface area contributed by atoms with Crippen LogP contribution in [0.2, 0.25) is 0 Å². The molecule has 0 aromatic heterocycles. The summed E-state index contributed by atoms with van der Waals surface area (Å²) in [7, 11) is 0. The number of hydrogen-bond donors (Lipinski definition) is 1. The number of benzene rings is 1. The molecule has 1 fully saturated rings. The monoisotopic (exact) mass is 307 g/mol. The number of aliphatic carboxylic acids is 1. The van der Waals surface area contributed by atoms with Crippen molar-refractivity contribution in [3.8, 4) is 0 Å². The summed E-state index contributed by atoms with van der Waals surface area (Å²) in [4.78, 5) is 24.7. The van der Waals surface area contributed by atoms with Crippen molar-refractivity contribution in [3.63, 3.8) is 0 Å². The molecule has 22 heavy (non-hydrogen) atoms. The predicted octanol–water partition coefficient (Wildman–Crippen LogP) is 2.45. The molecular formula is C16H21NO5. The normalized spacial score (nSPS) is 16.8. The van der Waals surface area contributed by atoms with E-state index in [0.717, 1.165) is 0 Å². The maximum absolute atomic E-state index is 11.8. The number of amides is 1. The van der Waals surface area contributed by atoms with Crippen molar-refractivity contribution in [2.75, 3.05) is 13.1 Å². The van der Waals surface area contributed by atoms with Gasteiger partial charge in [-0.05, 0) is 26.3 Å². The molecule has 1 unspecified atom stereocenters. The molecule has 0 spiro atoms. The first kappa shape index (κ1) is 16.3. The maximum atomic E-state index is 11.8. The van der Waals surface area contributed by atoms with Crippen LogP contribution < -0.4 is 0 Å². The van der Waals surface area contributed by atoms with Gasteiger partial charge in [-0.1, -0.05) is 30.3 Å².